The van der Waals surface area contributed by atoms with Gasteiger partial charge in [0.05, 0.1) is 11.0 Å². The van der Waals surface area contributed by atoms with E-state index >= 15 is 0 Å². The second-order valence-corrected chi connectivity index (χ2v) is 10.1. The van der Waals surface area contributed by atoms with Gasteiger partial charge in [-0.2, -0.15) is 0 Å². The molecule has 36 heavy (non-hydrogen) atoms. The van der Waals surface area contributed by atoms with Gasteiger partial charge in [0.1, 0.15) is 11.4 Å². The fraction of sp³-hybridized carbons (Fsp3) is 0.370. The summed E-state index contributed by atoms with van der Waals surface area (Å²) in [5, 5.41) is 0. The van der Waals surface area contributed by atoms with Gasteiger partial charge in [0.15, 0.2) is 5.82 Å². The third kappa shape index (κ3) is 5.85. The average Bonchev–Trinajstić information content (AvgIpc) is 3.25. The molecule has 1 N–H and O–H groups in total. The Morgan fingerprint density at radius 2 is 1.78 bits per heavy atom. The van der Waals surface area contributed by atoms with Crippen LogP contribution in [0.3, 0.4) is 0 Å². The predicted octanol–water partition coefficient (Wildman–Crippen LogP) is 4.06. The van der Waals surface area contributed by atoms with Crippen LogP contribution >= 0.6 is 0 Å². The fourth-order valence-corrected chi connectivity index (χ4v) is 4.30. The maximum atomic E-state index is 12.3. The molecular formula is C27H31N7O2. The molecule has 1 aliphatic rings. The number of aromatic nitrogens is 5. The van der Waals surface area contributed by atoms with Gasteiger partial charge in [-0.25, -0.2) is 19.7 Å². The smallest absolute Gasteiger partial charge is 0.410 e. The molecule has 9 heteroatoms. The molecule has 4 aromatic rings. The van der Waals surface area contributed by atoms with E-state index in [1.807, 2.05) is 45.2 Å². The summed E-state index contributed by atoms with van der Waals surface area (Å²) in [6.07, 6.45) is 5.72. The van der Waals surface area contributed by atoms with Crippen LogP contribution in [0.5, 0.6) is 0 Å². The van der Waals surface area contributed by atoms with Gasteiger partial charge in [0.2, 0.25) is 0 Å². The van der Waals surface area contributed by atoms with Gasteiger partial charge < -0.3 is 14.6 Å². The maximum Gasteiger partial charge on any atom is 0.410 e. The second-order valence-electron chi connectivity index (χ2n) is 10.1. The normalized spacial score (nSPS) is 14.8. The van der Waals surface area contributed by atoms with Crippen LogP contribution in [0.1, 0.15) is 37.9 Å². The number of amides is 1. The molecule has 5 rings (SSSR count). The van der Waals surface area contributed by atoms with Crippen LogP contribution in [0.4, 0.5) is 4.79 Å². The molecule has 186 valence electrons. The number of imidazole rings is 1. The van der Waals surface area contributed by atoms with Gasteiger partial charge >= 0.3 is 6.09 Å². The number of pyridine rings is 1. The van der Waals surface area contributed by atoms with Crippen molar-refractivity contribution in [1.29, 1.82) is 0 Å². The second kappa shape index (κ2) is 10.0. The molecule has 1 aromatic carbocycles. The van der Waals surface area contributed by atoms with Crippen LogP contribution in [0, 0.1) is 0 Å². The Morgan fingerprint density at radius 3 is 2.53 bits per heavy atom. The lowest BCUT2D eigenvalue weighted by Gasteiger charge is -2.35. The minimum atomic E-state index is -0.472. The predicted molar refractivity (Wildman–Crippen MR) is 137 cm³/mol. The number of aromatic amines is 1. The zero-order valence-corrected chi connectivity index (χ0v) is 20.9. The summed E-state index contributed by atoms with van der Waals surface area (Å²) in [5.74, 6) is 1.56. The van der Waals surface area contributed by atoms with Crippen molar-refractivity contribution in [3.63, 3.8) is 0 Å². The lowest BCUT2D eigenvalue weighted by Crippen LogP contribution is -2.49. The molecule has 0 spiro atoms. The summed E-state index contributed by atoms with van der Waals surface area (Å²) < 4.78 is 5.50. The van der Waals surface area contributed by atoms with E-state index in [9.17, 15) is 4.79 Å². The van der Waals surface area contributed by atoms with Crippen molar-refractivity contribution in [3.05, 3.63) is 72.1 Å². The first-order valence-electron chi connectivity index (χ1n) is 12.2. The zero-order chi connectivity index (χ0) is 25.1. The van der Waals surface area contributed by atoms with E-state index in [2.05, 4.69) is 37.0 Å². The molecule has 1 saturated heterocycles. The molecular weight excluding hydrogens is 454 g/mol. The topological polar surface area (TPSA) is 100 Å². The first-order chi connectivity index (χ1) is 17.3. The van der Waals surface area contributed by atoms with Crippen molar-refractivity contribution in [2.75, 3.05) is 26.2 Å². The number of fused-ring (bicyclic) bond motifs is 1. The van der Waals surface area contributed by atoms with Crippen molar-refractivity contribution in [1.82, 2.24) is 34.7 Å². The number of piperazine rings is 1. The zero-order valence-electron chi connectivity index (χ0n) is 20.9. The molecule has 9 nitrogen and oxygen atoms in total. The Balaban J connectivity index is 1.20. The van der Waals surface area contributed by atoms with Gasteiger partial charge in [0, 0.05) is 69.0 Å². The van der Waals surface area contributed by atoms with Crippen LogP contribution < -0.4 is 0 Å². The van der Waals surface area contributed by atoms with Crippen LogP contribution in [0.25, 0.3) is 22.4 Å². The largest absolute Gasteiger partial charge is 0.444 e. The summed E-state index contributed by atoms with van der Waals surface area (Å²) in [7, 11) is 0. The van der Waals surface area contributed by atoms with E-state index in [4.69, 9.17) is 9.72 Å². The van der Waals surface area contributed by atoms with Crippen molar-refractivity contribution >= 4 is 17.1 Å². The minimum Gasteiger partial charge on any atom is -0.444 e. The summed E-state index contributed by atoms with van der Waals surface area (Å²) in [6, 6.07) is 12.0. The van der Waals surface area contributed by atoms with Crippen LogP contribution in [0.2, 0.25) is 0 Å². The Kier molecular flexibility index (Phi) is 6.65. The van der Waals surface area contributed by atoms with Crippen LogP contribution in [-0.2, 0) is 17.7 Å². The van der Waals surface area contributed by atoms with Gasteiger partial charge in [-0.05, 0) is 62.7 Å². The Hall–Kier alpha value is -3.85. The standard InChI is InChI=1S/C27H31N7O2/c1-27(2,3)36-26(35)34-13-11-33(12-14-34)18-19-7-10-28-21(15-19)17-24-31-22-6-5-20(16-23(22)32-24)25-29-8-4-9-30-25/h4-10,15-16H,11-14,17-18H2,1-3H3,(H,31,32). The molecule has 4 heterocycles. The number of nitrogens with one attached hydrogen (secondary N) is 1. The number of nitrogens with zero attached hydrogens (tertiary/aromatic N) is 6. The van der Waals surface area contributed by atoms with Crippen molar-refractivity contribution in [3.8, 4) is 11.4 Å². The van der Waals surface area contributed by atoms with Crippen LogP contribution in [0.15, 0.2) is 55.0 Å². The van der Waals surface area contributed by atoms with E-state index in [0.29, 0.717) is 25.3 Å². The SMILES string of the molecule is CC(C)(C)OC(=O)N1CCN(Cc2ccnc(Cc3nc4ccc(-c5ncccn5)cc4[nH]3)c2)CC1. The first kappa shape index (κ1) is 23.9. The number of hydrogen-bond donors (Lipinski definition) is 1. The van der Waals surface area contributed by atoms with Gasteiger partial charge in [-0.1, -0.05) is 0 Å². The number of H-pyrrole nitrogens is 1. The molecule has 0 radical (unpaired) electrons. The van der Waals surface area contributed by atoms with Crippen molar-refractivity contribution < 1.29 is 9.53 Å². The maximum absolute atomic E-state index is 12.3. The quantitative estimate of drug-likeness (QED) is 0.455. The number of carbonyl (C=O) groups excluding carboxylic acids is 1. The lowest BCUT2D eigenvalue weighted by molar-refractivity contribution is 0.0139. The Morgan fingerprint density at radius 1 is 1.00 bits per heavy atom. The number of rotatable bonds is 5. The average molecular weight is 486 g/mol. The Bertz CT molecular complexity index is 1340. The third-order valence-corrected chi connectivity index (χ3v) is 6.01. The number of hydrogen-bond acceptors (Lipinski definition) is 7. The molecule has 1 amide bonds. The highest BCUT2D eigenvalue weighted by molar-refractivity contribution is 5.80. The van der Waals surface area contributed by atoms with Crippen molar-refractivity contribution in [2.24, 2.45) is 0 Å². The molecule has 0 atom stereocenters. The highest BCUT2D eigenvalue weighted by Gasteiger charge is 2.25. The monoisotopic (exact) mass is 485 g/mol. The summed E-state index contributed by atoms with van der Waals surface area (Å²) in [4.78, 5) is 37.8. The van der Waals surface area contributed by atoms with E-state index in [-0.39, 0.29) is 6.09 Å². The third-order valence-electron chi connectivity index (χ3n) is 6.01. The first-order valence-corrected chi connectivity index (χ1v) is 12.2. The fourth-order valence-electron chi connectivity index (χ4n) is 4.30. The highest BCUT2D eigenvalue weighted by Crippen LogP contribution is 2.21. The lowest BCUT2D eigenvalue weighted by atomic mass is 10.1. The summed E-state index contributed by atoms with van der Waals surface area (Å²) >= 11 is 0. The van der Waals surface area contributed by atoms with Gasteiger partial charge in [-0.15, -0.1) is 0 Å². The summed E-state index contributed by atoms with van der Waals surface area (Å²) in [6.45, 7) is 9.46. The van der Waals surface area contributed by atoms with Gasteiger partial charge in [0.25, 0.3) is 0 Å². The minimum absolute atomic E-state index is 0.234. The van der Waals surface area contributed by atoms with Crippen LogP contribution in [-0.4, -0.2) is 72.6 Å². The number of benzene rings is 1. The van der Waals surface area contributed by atoms with E-state index < -0.39 is 5.60 Å². The number of carbonyl (C=O) groups is 1. The molecule has 0 aliphatic carbocycles. The van der Waals surface area contributed by atoms with E-state index in [1.165, 1.54) is 5.56 Å². The van der Waals surface area contributed by atoms with Crippen molar-refractivity contribution in [2.45, 2.75) is 39.3 Å². The molecule has 0 unspecified atom stereocenters. The summed E-state index contributed by atoms with van der Waals surface area (Å²) in [5.41, 5.74) is 4.50. The molecule has 1 fully saturated rings. The number of ether oxygens (including phenoxy) is 1. The molecule has 0 saturated carbocycles. The molecule has 0 bridgehead atoms. The highest BCUT2D eigenvalue weighted by atomic mass is 16.6. The Labute approximate surface area is 210 Å². The molecule has 3 aromatic heterocycles. The van der Waals surface area contributed by atoms with Gasteiger partial charge in [-0.3, -0.25) is 9.88 Å². The van der Waals surface area contributed by atoms with E-state index in [0.717, 1.165) is 47.7 Å². The van der Waals surface area contributed by atoms with E-state index in [1.54, 1.807) is 23.4 Å². The molecule has 1 aliphatic heterocycles.